The van der Waals surface area contributed by atoms with Crippen LogP contribution < -0.4 is 10.5 Å². The van der Waals surface area contributed by atoms with Gasteiger partial charge >= 0.3 is 0 Å². The van der Waals surface area contributed by atoms with Crippen molar-refractivity contribution in [1.82, 2.24) is 0 Å². The quantitative estimate of drug-likeness (QED) is 0.317. The Kier molecular flexibility index (Phi) is 6.40. The predicted octanol–water partition coefficient (Wildman–Crippen LogP) is 2.76. The second-order valence-corrected chi connectivity index (χ2v) is 5.36. The van der Waals surface area contributed by atoms with Crippen molar-refractivity contribution in [2.75, 3.05) is 14.6 Å². The molecule has 0 saturated heterocycles. The van der Waals surface area contributed by atoms with Gasteiger partial charge in [0.2, 0.25) is 0 Å². The highest BCUT2D eigenvalue weighted by atomic mass is 127. The SMILES string of the molecule is Nc1c(OC=O)ccc(CCI)c1CCI. The Balaban J connectivity index is 3.12. The molecule has 0 aliphatic rings. The summed E-state index contributed by atoms with van der Waals surface area (Å²) < 4.78 is 6.90. The molecule has 88 valence electrons. The maximum Gasteiger partial charge on any atom is 0.298 e. The van der Waals surface area contributed by atoms with Crippen molar-refractivity contribution in [3.63, 3.8) is 0 Å². The third-order valence-corrected chi connectivity index (χ3v) is 3.38. The van der Waals surface area contributed by atoms with Crippen molar-refractivity contribution in [2.24, 2.45) is 0 Å². The van der Waals surface area contributed by atoms with Gasteiger partial charge in [0.25, 0.3) is 6.47 Å². The van der Waals surface area contributed by atoms with Crippen molar-refractivity contribution in [2.45, 2.75) is 12.8 Å². The Morgan fingerprint density at radius 1 is 1.25 bits per heavy atom. The Hall–Kier alpha value is -0.0500. The van der Waals surface area contributed by atoms with Crippen molar-refractivity contribution >= 4 is 57.3 Å². The van der Waals surface area contributed by atoms with Crippen molar-refractivity contribution in [1.29, 1.82) is 0 Å². The number of carbonyl (C=O) groups excluding carboxylic acids is 1. The highest BCUT2D eigenvalue weighted by Crippen LogP contribution is 2.29. The van der Waals surface area contributed by atoms with E-state index in [-0.39, 0.29) is 0 Å². The van der Waals surface area contributed by atoms with E-state index < -0.39 is 0 Å². The lowest BCUT2D eigenvalue weighted by Crippen LogP contribution is -2.05. The predicted molar refractivity (Wildman–Crippen MR) is 82.7 cm³/mol. The highest BCUT2D eigenvalue weighted by Gasteiger charge is 2.11. The van der Waals surface area contributed by atoms with Gasteiger partial charge in [0.1, 0.15) is 0 Å². The maximum absolute atomic E-state index is 10.3. The van der Waals surface area contributed by atoms with Crippen LogP contribution in [0, 0.1) is 0 Å². The molecule has 0 atom stereocenters. The van der Waals surface area contributed by atoms with Crippen LogP contribution in [-0.4, -0.2) is 15.3 Å². The van der Waals surface area contributed by atoms with E-state index in [2.05, 4.69) is 45.2 Å². The molecule has 0 bridgehead atoms. The minimum Gasteiger partial charge on any atom is -0.427 e. The lowest BCUT2D eigenvalue weighted by atomic mass is 10.0. The summed E-state index contributed by atoms with van der Waals surface area (Å²) in [5.41, 5.74) is 8.97. The van der Waals surface area contributed by atoms with Crippen LogP contribution in [0.1, 0.15) is 11.1 Å². The van der Waals surface area contributed by atoms with Crippen LogP contribution in [0.5, 0.6) is 5.75 Å². The first kappa shape index (κ1) is 14.0. The van der Waals surface area contributed by atoms with E-state index >= 15 is 0 Å². The van der Waals surface area contributed by atoms with Crippen LogP contribution in [0.4, 0.5) is 5.69 Å². The first-order valence-electron chi connectivity index (χ1n) is 4.87. The number of halogens is 2. The second-order valence-electron chi connectivity index (χ2n) is 3.21. The molecule has 3 nitrogen and oxygen atoms in total. The summed E-state index contributed by atoms with van der Waals surface area (Å²) >= 11 is 4.66. The van der Waals surface area contributed by atoms with Crippen LogP contribution in [0.2, 0.25) is 0 Å². The number of hydrogen-bond acceptors (Lipinski definition) is 3. The fourth-order valence-electron chi connectivity index (χ4n) is 1.57. The normalized spacial score (nSPS) is 10.1. The minimum atomic E-state index is 0.414. The molecule has 0 unspecified atom stereocenters. The van der Waals surface area contributed by atoms with E-state index in [0.717, 1.165) is 27.3 Å². The Morgan fingerprint density at radius 2 is 1.94 bits per heavy atom. The van der Waals surface area contributed by atoms with Crippen LogP contribution in [0.15, 0.2) is 12.1 Å². The van der Waals surface area contributed by atoms with Gasteiger partial charge in [0, 0.05) is 8.86 Å². The number of ether oxygens (including phenoxy) is 1. The molecular formula is C11H13I2NO2. The highest BCUT2D eigenvalue weighted by molar-refractivity contribution is 14.1. The summed E-state index contributed by atoms with van der Waals surface area (Å²) in [4.78, 5) is 10.3. The number of nitrogen functional groups attached to an aromatic ring is 1. The van der Waals surface area contributed by atoms with Crippen LogP contribution in [0.25, 0.3) is 0 Å². The molecule has 16 heavy (non-hydrogen) atoms. The molecule has 0 aliphatic carbocycles. The van der Waals surface area contributed by atoms with Gasteiger partial charge < -0.3 is 10.5 Å². The van der Waals surface area contributed by atoms with Crippen LogP contribution in [0.3, 0.4) is 0 Å². The molecule has 2 N–H and O–H groups in total. The van der Waals surface area contributed by atoms with E-state index in [9.17, 15) is 4.79 Å². The summed E-state index contributed by atoms with van der Waals surface area (Å²) in [6, 6.07) is 3.76. The number of hydrogen-bond donors (Lipinski definition) is 1. The first-order chi connectivity index (χ1) is 7.74. The largest absolute Gasteiger partial charge is 0.427 e. The molecule has 5 heteroatoms. The van der Waals surface area contributed by atoms with E-state index in [4.69, 9.17) is 10.5 Å². The summed E-state index contributed by atoms with van der Waals surface area (Å²) in [5.74, 6) is 0.465. The van der Waals surface area contributed by atoms with Gasteiger partial charge in [-0.1, -0.05) is 51.2 Å². The third-order valence-electron chi connectivity index (χ3n) is 2.30. The molecule has 0 fully saturated rings. The van der Waals surface area contributed by atoms with Gasteiger partial charge in [0.15, 0.2) is 5.75 Å². The first-order valence-corrected chi connectivity index (χ1v) is 7.92. The van der Waals surface area contributed by atoms with Crippen molar-refractivity contribution in [3.05, 3.63) is 23.3 Å². The number of rotatable bonds is 6. The van der Waals surface area contributed by atoms with Crippen molar-refractivity contribution < 1.29 is 9.53 Å². The molecule has 0 aliphatic heterocycles. The number of carbonyl (C=O) groups is 1. The number of alkyl halides is 2. The number of benzene rings is 1. The smallest absolute Gasteiger partial charge is 0.298 e. The molecule has 1 aromatic rings. The average molecular weight is 445 g/mol. The second kappa shape index (κ2) is 7.31. The molecule has 0 saturated carbocycles. The van der Waals surface area contributed by atoms with Gasteiger partial charge in [-0.2, -0.15) is 0 Å². The fraction of sp³-hybridized carbons (Fsp3) is 0.364. The van der Waals surface area contributed by atoms with Gasteiger partial charge in [-0.3, -0.25) is 4.79 Å². The molecule has 0 radical (unpaired) electrons. The summed E-state index contributed by atoms with van der Waals surface area (Å²) in [6.07, 6.45) is 1.91. The van der Waals surface area contributed by atoms with E-state index in [1.807, 2.05) is 6.07 Å². The van der Waals surface area contributed by atoms with Gasteiger partial charge in [-0.15, -0.1) is 0 Å². The minimum absolute atomic E-state index is 0.414. The monoisotopic (exact) mass is 445 g/mol. The van der Waals surface area contributed by atoms with E-state index in [1.54, 1.807) is 6.07 Å². The van der Waals surface area contributed by atoms with E-state index in [0.29, 0.717) is 17.9 Å². The van der Waals surface area contributed by atoms with Gasteiger partial charge in [-0.05, 0) is 30.0 Å². The molecule has 0 heterocycles. The molecule has 1 rings (SSSR count). The van der Waals surface area contributed by atoms with Crippen LogP contribution >= 0.6 is 45.2 Å². The Bertz CT molecular complexity index is 369. The molecule has 1 aromatic carbocycles. The fourth-order valence-corrected chi connectivity index (χ4v) is 2.69. The topological polar surface area (TPSA) is 52.3 Å². The van der Waals surface area contributed by atoms with Crippen LogP contribution in [-0.2, 0) is 17.6 Å². The van der Waals surface area contributed by atoms with E-state index in [1.165, 1.54) is 5.56 Å². The number of nitrogens with two attached hydrogens (primary N) is 1. The summed E-state index contributed by atoms with van der Waals surface area (Å²) in [7, 11) is 0. The zero-order valence-electron chi connectivity index (χ0n) is 8.71. The number of aryl methyl sites for hydroxylation is 1. The zero-order chi connectivity index (χ0) is 12.0. The Labute approximate surface area is 122 Å². The summed E-state index contributed by atoms with van der Waals surface area (Å²) in [5, 5.41) is 0. The maximum atomic E-state index is 10.3. The molecular weight excluding hydrogens is 432 g/mol. The molecule has 0 amide bonds. The van der Waals surface area contributed by atoms with Crippen molar-refractivity contribution in [3.8, 4) is 5.75 Å². The standard InChI is InChI=1S/C11H13I2NO2/c12-5-3-8-1-2-10(16-7-15)11(14)9(8)4-6-13/h1-2,7H,3-6,14H2. The summed E-state index contributed by atoms with van der Waals surface area (Å²) in [6.45, 7) is 0.414. The Morgan fingerprint density at radius 3 is 2.50 bits per heavy atom. The molecule has 0 aromatic heterocycles. The molecule has 0 spiro atoms. The van der Waals surface area contributed by atoms with Gasteiger partial charge in [0.05, 0.1) is 5.69 Å². The third kappa shape index (κ3) is 3.47. The average Bonchev–Trinajstić information content (AvgIpc) is 2.28. The lowest BCUT2D eigenvalue weighted by Gasteiger charge is -2.13. The lowest BCUT2D eigenvalue weighted by molar-refractivity contribution is -0.120. The number of anilines is 1. The van der Waals surface area contributed by atoms with Gasteiger partial charge in [-0.25, -0.2) is 0 Å². The zero-order valence-corrected chi connectivity index (χ0v) is 13.0.